The van der Waals surface area contributed by atoms with Crippen molar-refractivity contribution >= 4 is 26.5 Å². The molecular formula is C12H21N3O2S2. The van der Waals surface area contributed by atoms with Crippen molar-refractivity contribution in [2.45, 2.75) is 43.2 Å². The maximum Gasteiger partial charge on any atom is 0.249 e. The summed E-state index contributed by atoms with van der Waals surface area (Å²) < 4.78 is 22.4. The molecule has 0 saturated heterocycles. The quantitative estimate of drug-likeness (QED) is 0.874. The van der Waals surface area contributed by atoms with Gasteiger partial charge >= 0.3 is 0 Å². The summed E-state index contributed by atoms with van der Waals surface area (Å²) in [6.45, 7) is 3.16. The van der Waals surface area contributed by atoms with Gasteiger partial charge in [-0.2, -0.15) is 0 Å². The smallest absolute Gasteiger partial charge is 0.249 e. The van der Waals surface area contributed by atoms with E-state index < -0.39 is 10.0 Å². The number of nitrogens with zero attached hydrogens (tertiary/aromatic N) is 1. The lowest BCUT2D eigenvalue weighted by Crippen LogP contribution is -2.16. The average Bonchev–Trinajstić information content (AvgIpc) is 2.77. The second kappa shape index (κ2) is 6.19. The molecule has 1 aliphatic carbocycles. The highest BCUT2D eigenvalue weighted by molar-refractivity contribution is 7.91. The van der Waals surface area contributed by atoms with Gasteiger partial charge in [-0.1, -0.05) is 37.5 Å². The summed E-state index contributed by atoms with van der Waals surface area (Å²) in [6.07, 6.45) is 7.74. The first-order valence-corrected chi connectivity index (χ1v) is 9.04. The number of anilines is 1. The Balaban J connectivity index is 1.78. The van der Waals surface area contributed by atoms with Crippen molar-refractivity contribution in [2.75, 3.05) is 11.9 Å². The second-order valence-corrected chi connectivity index (χ2v) is 8.20. The van der Waals surface area contributed by atoms with Crippen molar-refractivity contribution in [3.63, 3.8) is 0 Å². The highest BCUT2D eigenvalue weighted by Crippen LogP contribution is 2.30. The lowest BCUT2D eigenvalue weighted by atomic mass is 9.81. The highest BCUT2D eigenvalue weighted by Gasteiger charge is 2.18. The largest absolute Gasteiger partial charge is 0.361 e. The first-order chi connectivity index (χ1) is 8.95. The van der Waals surface area contributed by atoms with Crippen LogP contribution in [0, 0.1) is 11.8 Å². The van der Waals surface area contributed by atoms with Gasteiger partial charge in [-0.25, -0.2) is 18.5 Å². The second-order valence-electron chi connectivity index (χ2n) is 5.38. The maximum atomic E-state index is 11.1. The van der Waals surface area contributed by atoms with Gasteiger partial charge in [0.05, 0.1) is 6.20 Å². The molecule has 1 fully saturated rings. The molecule has 1 saturated carbocycles. The van der Waals surface area contributed by atoms with Gasteiger partial charge in [0.1, 0.15) is 0 Å². The SMILES string of the molecule is CC1CCCC(CCNc2ncc(S(N)(=O)=O)s2)C1. The minimum Gasteiger partial charge on any atom is -0.361 e. The third-order valence-corrected chi connectivity index (χ3v) is 6.00. The zero-order valence-corrected chi connectivity index (χ0v) is 12.8. The number of sulfonamides is 1. The van der Waals surface area contributed by atoms with Crippen LogP contribution < -0.4 is 10.5 Å². The Morgan fingerprint density at radius 2 is 2.32 bits per heavy atom. The Labute approximate surface area is 118 Å². The van der Waals surface area contributed by atoms with Gasteiger partial charge < -0.3 is 5.32 Å². The molecule has 0 spiro atoms. The summed E-state index contributed by atoms with van der Waals surface area (Å²) in [7, 11) is -3.62. The molecule has 1 heterocycles. The molecule has 2 atom stereocenters. The van der Waals surface area contributed by atoms with E-state index in [0.29, 0.717) is 5.13 Å². The normalized spacial score (nSPS) is 24.3. The van der Waals surface area contributed by atoms with Crippen LogP contribution in [-0.2, 0) is 10.0 Å². The van der Waals surface area contributed by atoms with E-state index in [1.807, 2.05) is 0 Å². The van der Waals surface area contributed by atoms with Crippen LogP contribution in [0.1, 0.15) is 39.0 Å². The summed E-state index contributed by atoms with van der Waals surface area (Å²) >= 11 is 1.09. The molecule has 19 heavy (non-hydrogen) atoms. The van der Waals surface area contributed by atoms with Crippen molar-refractivity contribution in [2.24, 2.45) is 17.0 Å². The summed E-state index contributed by atoms with van der Waals surface area (Å²) in [6, 6.07) is 0. The van der Waals surface area contributed by atoms with E-state index >= 15 is 0 Å². The number of thiazole rings is 1. The molecule has 3 N–H and O–H groups in total. The molecule has 1 aliphatic rings. The Morgan fingerprint density at radius 1 is 1.53 bits per heavy atom. The fourth-order valence-corrected chi connectivity index (χ4v) is 4.15. The maximum absolute atomic E-state index is 11.1. The van der Waals surface area contributed by atoms with Gasteiger partial charge in [0.15, 0.2) is 9.34 Å². The molecule has 2 unspecified atom stereocenters. The highest BCUT2D eigenvalue weighted by atomic mass is 32.2. The molecule has 0 aromatic carbocycles. The molecule has 0 amide bonds. The minimum absolute atomic E-state index is 0.112. The summed E-state index contributed by atoms with van der Waals surface area (Å²) in [5.74, 6) is 1.63. The Hall–Kier alpha value is -0.660. The van der Waals surface area contributed by atoms with Crippen LogP contribution in [0.25, 0.3) is 0 Å². The fourth-order valence-electron chi connectivity index (χ4n) is 2.68. The molecule has 2 rings (SSSR count). The number of nitrogens with one attached hydrogen (secondary N) is 1. The lowest BCUT2D eigenvalue weighted by molar-refractivity contribution is 0.274. The molecule has 0 radical (unpaired) electrons. The lowest BCUT2D eigenvalue weighted by Gasteiger charge is -2.26. The first-order valence-electron chi connectivity index (χ1n) is 6.67. The van der Waals surface area contributed by atoms with Crippen LogP contribution in [0.15, 0.2) is 10.4 Å². The van der Waals surface area contributed by atoms with Crippen molar-refractivity contribution in [3.8, 4) is 0 Å². The fraction of sp³-hybridized carbons (Fsp3) is 0.750. The van der Waals surface area contributed by atoms with E-state index in [1.165, 1.54) is 31.9 Å². The molecule has 5 nitrogen and oxygen atoms in total. The van der Waals surface area contributed by atoms with E-state index in [9.17, 15) is 8.42 Å². The molecule has 1 aromatic rings. The van der Waals surface area contributed by atoms with Crippen LogP contribution in [0.4, 0.5) is 5.13 Å². The van der Waals surface area contributed by atoms with Crippen molar-refractivity contribution in [1.29, 1.82) is 0 Å². The molecule has 0 bridgehead atoms. The van der Waals surface area contributed by atoms with E-state index in [2.05, 4.69) is 17.2 Å². The number of aromatic nitrogens is 1. The number of primary sulfonamides is 1. The standard InChI is InChI=1S/C12H21N3O2S2/c1-9-3-2-4-10(7-9)5-6-14-12-15-8-11(18-12)19(13,16)17/h8-10H,2-7H2,1H3,(H,14,15)(H2,13,16,17). The molecule has 0 aliphatic heterocycles. The van der Waals surface area contributed by atoms with E-state index in [1.54, 1.807) is 0 Å². The summed E-state index contributed by atoms with van der Waals surface area (Å²) in [5, 5.41) is 8.86. The summed E-state index contributed by atoms with van der Waals surface area (Å²) in [5.41, 5.74) is 0. The zero-order valence-electron chi connectivity index (χ0n) is 11.1. The molecular weight excluding hydrogens is 282 g/mol. The number of nitrogens with two attached hydrogens (primary N) is 1. The molecule has 7 heteroatoms. The third-order valence-electron chi connectivity index (χ3n) is 3.64. The van der Waals surface area contributed by atoms with Crippen molar-refractivity contribution < 1.29 is 8.42 Å². The van der Waals surface area contributed by atoms with Crippen molar-refractivity contribution in [3.05, 3.63) is 6.20 Å². The Morgan fingerprint density at radius 3 is 2.95 bits per heavy atom. The van der Waals surface area contributed by atoms with Gasteiger partial charge in [0.2, 0.25) is 10.0 Å². The average molecular weight is 303 g/mol. The topological polar surface area (TPSA) is 85.1 Å². The Kier molecular flexibility index (Phi) is 4.81. The van der Waals surface area contributed by atoms with Gasteiger partial charge in [-0.15, -0.1) is 0 Å². The molecule has 1 aromatic heterocycles. The van der Waals surface area contributed by atoms with E-state index in [0.717, 1.165) is 36.1 Å². The zero-order chi connectivity index (χ0) is 13.9. The van der Waals surface area contributed by atoms with Crippen LogP contribution in [0.2, 0.25) is 0 Å². The Bertz CT molecular complexity index is 513. The minimum atomic E-state index is -3.62. The molecule has 108 valence electrons. The van der Waals surface area contributed by atoms with Crippen LogP contribution >= 0.6 is 11.3 Å². The van der Waals surface area contributed by atoms with Gasteiger partial charge in [-0.05, 0) is 24.7 Å². The van der Waals surface area contributed by atoms with Crippen LogP contribution in [0.5, 0.6) is 0 Å². The third kappa shape index (κ3) is 4.43. The van der Waals surface area contributed by atoms with Crippen LogP contribution in [-0.4, -0.2) is 19.9 Å². The number of rotatable bonds is 5. The number of hydrogen-bond donors (Lipinski definition) is 2. The van der Waals surface area contributed by atoms with Gasteiger partial charge in [-0.3, -0.25) is 0 Å². The monoisotopic (exact) mass is 303 g/mol. The predicted octanol–water partition coefficient (Wildman–Crippen LogP) is 2.42. The van der Waals surface area contributed by atoms with Gasteiger partial charge in [0, 0.05) is 6.54 Å². The van der Waals surface area contributed by atoms with Crippen LogP contribution in [0.3, 0.4) is 0 Å². The predicted molar refractivity (Wildman–Crippen MR) is 77.7 cm³/mol. The van der Waals surface area contributed by atoms with Gasteiger partial charge in [0.25, 0.3) is 0 Å². The summed E-state index contributed by atoms with van der Waals surface area (Å²) in [4.78, 5) is 4.03. The van der Waals surface area contributed by atoms with E-state index in [-0.39, 0.29) is 4.21 Å². The first kappa shape index (κ1) is 14.7. The van der Waals surface area contributed by atoms with Crippen molar-refractivity contribution in [1.82, 2.24) is 4.98 Å². The number of hydrogen-bond acceptors (Lipinski definition) is 5. The van der Waals surface area contributed by atoms with E-state index in [4.69, 9.17) is 5.14 Å².